The van der Waals surface area contributed by atoms with Crippen molar-refractivity contribution in [1.29, 1.82) is 0 Å². The Bertz CT molecular complexity index is 286. The highest BCUT2D eigenvalue weighted by Crippen LogP contribution is 2.55. The second-order valence-corrected chi connectivity index (χ2v) is 4.80. The van der Waals surface area contributed by atoms with Gasteiger partial charge in [-0.05, 0) is 22.0 Å². The van der Waals surface area contributed by atoms with Gasteiger partial charge in [0.1, 0.15) is 0 Å². The molecule has 120 valence electrons. The molecule has 2 rings (SSSR count). The zero-order valence-electron chi connectivity index (χ0n) is 16.3. The van der Waals surface area contributed by atoms with Crippen LogP contribution in [0.25, 0.3) is 0 Å². The number of benzene rings is 1. The molecule has 0 bridgehead atoms. The van der Waals surface area contributed by atoms with Crippen molar-refractivity contribution in [2.75, 3.05) is 0 Å². The molecule has 0 saturated heterocycles. The van der Waals surface area contributed by atoms with Gasteiger partial charge in [0.2, 0.25) is 0 Å². The monoisotopic (exact) mass is 280 g/mol. The van der Waals surface area contributed by atoms with Crippen molar-refractivity contribution in [2.24, 2.45) is 0 Å². The molecule has 0 spiro atoms. The molecule has 0 aliphatic heterocycles. The minimum absolute atomic E-state index is 0.351. The van der Waals surface area contributed by atoms with E-state index < -0.39 is 0 Å². The van der Waals surface area contributed by atoms with Crippen LogP contribution >= 0.6 is 0 Å². The first-order chi connectivity index (χ1) is 9.48. The quantitative estimate of drug-likeness (QED) is 0.465. The van der Waals surface area contributed by atoms with Gasteiger partial charge < -0.3 is 0 Å². The van der Waals surface area contributed by atoms with Crippen LogP contribution in [0.1, 0.15) is 94.2 Å². The Hall–Kier alpha value is -0.780. The summed E-state index contributed by atoms with van der Waals surface area (Å²) < 4.78 is 0. The third-order valence-electron chi connectivity index (χ3n) is 3.84. The van der Waals surface area contributed by atoms with Crippen LogP contribution in [-0.4, -0.2) is 0 Å². The zero-order valence-corrected chi connectivity index (χ0v) is 16.3. The number of fused-ring (bicyclic) bond motifs is 1. The topological polar surface area (TPSA) is 0 Å². The molecule has 0 N–H and O–H groups in total. The lowest BCUT2D eigenvalue weighted by Crippen LogP contribution is -2.50. The van der Waals surface area contributed by atoms with Crippen molar-refractivity contribution in [2.45, 2.75) is 93.9 Å². The van der Waals surface area contributed by atoms with Gasteiger partial charge in [-0.2, -0.15) is 0 Å². The first-order valence-corrected chi connectivity index (χ1v) is 8.58. The lowest BCUT2D eigenvalue weighted by Gasteiger charge is -2.54. The van der Waals surface area contributed by atoms with E-state index in [1.165, 1.54) is 11.1 Å². The van der Waals surface area contributed by atoms with Crippen molar-refractivity contribution < 1.29 is 0 Å². The van der Waals surface area contributed by atoms with Gasteiger partial charge in [-0.3, -0.25) is 0 Å². The number of hydrogen-bond donors (Lipinski definition) is 0. The number of rotatable bonds is 0. The van der Waals surface area contributed by atoms with Crippen LogP contribution in [0.2, 0.25) is 0 Å². The van der Waals surface area contributed by atoms with Gasteiger partial charge in [-0.1, -0.05) is 107 Å². The molecule has 0 fully saturated rings. The molecule has 0 aromatic heterocycles. The zero-order chi connectivity index (χ0) is 17.0. The molecule has 0 heteroatoms. The van der Waals surface area contributed by atoms with Crippen LogP contribution in [0.3, 0.4) is 0 Å². The maximum atomic E-state index is 2.33. The summed E-state index contributed by atoms with van der Waals surface area (Å²) in [6.07, 6.45) is 0. The highest BCUT2D eigenvalue weighted by molar-refractivity contribution is 5.52. The average Bonchev–Trinajstić information content (AvgIpc) is 2.55. The van der Waals surface area contributed by atoms with Gasteiger partial charge in [0.05, 0.1) is 0 Å². The molecule has 0 amide bonds. The SMILES string of the molecule is CC.CC.CC.CC.CC1(C)c2ccccc2C1(C)C. The molecular formula is C20H40. The minimum Gasteiger partial charge on any atom is -0.0683 e. The van der Waals surface area contributed by atoms with Gasteiger partial charge in [0.25, 0.3) is 0 Å². The van der Waals surface area contributed by atoms with Gasteiger partial charge in [-0.25, -0.2) is 0 Å². The molecule has 1 aromatic rings. The molecular weight excluding hydrogens is 240 g/mol. The van der Waals surface area contributed by atoms with Gasteiger partial charge in [-0.15, -0.1) is 0 Å². The third-order valence-corrected chi connectivity index (χ3v) is 3.84. The Kier molecular flexibility index (Phi) is 14.5. The van der Waals surface area contributed by atoms with Crippen LogP contribution in [0.4, 0.5) is 0 Å². The maximum absolute atomic E-state index is 2.33. The lowest BCUT2D eigenvalue weighted by molar-refractivity contribution is 0.242. The van der Waals surface area contributed by atoms with Crippen LogP contribution < -0.4 is 0 Å². The van der Waals surface area contributed by atoms with E-state index in [1.807, 2.05) is 55.4 Å². The first kappa shape index (κ1) is 24.3. The van der Waals surface area contributed by atoms with E-state index in [-0.39, 0.29) is 0 Å². The summed E-state index contributed by atoms with van der Waals surface area (Å²) in [6, 6.07) is 8.77. The van der Waals surface area contributed by atoms with Crippen molar-refractivity contribution in [3.63, 3.8) is 0 Å². The molecule has 20 heavy (non-hydrogen) atoms. The van der Waals surface area contributed by atoms with Gasteiger partial charge in [0.15, 0.2) is 0 Å². The average molecular weight is 281 g/mol. The second-order valence-electron chi connectivity index (χ2n) is 4.80. The van der Waals surface area contributed by atoms with Gasteiger partial charge >= 0.3 is 0 Å². The fraction of sp³-hybridized carbons (Fsp3) is 0.700. The summed E-state index contributed by atoms with van der Waals surface area (Å²) in [6.45, 7) is 25.3. The molecule has 0 saturated carbocycles. The molecule has 0 atom stereocenters. The Morgan fingerprint density at radius 2 is 0.700 bits per heavy atom. The van der Waals surface area contributed by atoms with E-state index in [9.17, 15) is 0 Å². The normalized spacial score (nSPS) is 14.8. The molecule has 0 heterocycles. The van der Waals surface area contributed by atoms with E-state index in [1.54, 1.807) is 0 Å². The van der Waals surface area contributed by atoms with E-state index in [4.69, 9.17) is 0 Å². The summed E-state index contributed by atoms with van der Waals surface area (Å²) in [5.74, 6) is 0. The van der Waals surface area contributed by atoms with Crippen molar-refractivity contribution in [1.82, 2.24) is 0 Å². The molecule has 0 radical (unpaired) electrons. The molecule has 0 unspecified atom stereocenters. The van der Waals surface area contributed by atoms with E-state index >= 15 is 0 Å². The van der Waals surface area contributed by atoms with Crippen molar-refractivity contribution in [3.8, 4) is 0 Å². The predicted molar refractivity (Wildman–Crippen MR) is 97.9 cm³/mol. The van der Waals surface area contributed by atoms with Crippen LogP contribution in [0.5, 0.6) is 0 Å². The fourth-order valence-electron chi connectivity index (χ4n) is 2.18. The van der Waals surface area contributed by atoms with Crippen molar-refractivity contribution in [3.05, 3.63) is 35.4 Å². The van der Waals surface area contributed by atoms with Crippen LogP contribution in [-0.2, 0) is 10.8 Å². The van der Waals surface area contributed by atoms with E-state index in [0.717, 1.165) is 0 Å². The highest BCUT2D eigenvalue weighted by atomic mass is 14.5. The molecule has 1 aliphatic rings. The molecule has 1 aromatic carbocycles. The predicted octanol–water partition coefficient (Wildman–Crippen LogP) is 7.36. The Balaban J connectivity index is -0.000000314. The van der Waals surface area contributed by atoms with Crippen LogP contribution in [0.15, 0.2) is 24.3 Å². The molecule has 1 aliphatic carbocycles. The standard InChI is InChI=1S/C12H16.4C2H6/c1-11(2)9-7-5-6-8-10(9)12(11,3)4;4*1-2/h5-8H,1-4H3;4*1-2H3. The third kappa shape index (κ3) is 4.65. The highest BCUT2D eigenvalue weighted by Gasteiger charge is 2.50. The summed E-state index contributed by atoms with van der Waals surface area (Å²) >= 11 is 0. The summed E-state index contributed by atoms with van der Waals surface area (Å²) in [4.78, 5) is 0. The van der Waals surface area contributed by atoms with Gasteiger partial charge in [0, 0.05) is 0 Å². The molecule has 0 nitrogen and oxygen atoms in total. The van der Waals surface area contributed by atoms with E-state index in [0.29, 0.717) is 10.8 Å². The maximum Gasteiger partial charge on any atom is -0.000900 e. The largest absolute Gasteiger partial charge is 0.0683 e. The summed E-state index contributed by atoms with van der Waals surface area (Å²) in [7, 11) is 0. The fourth-order valence-corrected chi connectivity index (χ4v) is 2.18. The minimum atomic E-state index is 0.351. The Labute approximate surface area is 130 Å². The Morgan fingerprint density at radius 1 is 0.500 bits per heavy atom. The van der Waals surface area contributed by atoms with Crippen LogP contribution in [0, 0.1) is 0 Å². The van der Waals surface area contributed by atoms with E-state index in [2.05, 4.69) is 52.0 Å². The van der Waals surface area contributed by atoms with Crippen molar-refractivity contribution >= 4 is 0 Å². The summed E-state index contributed by atoms with van der Waals surface area (Å²) in [5.41, 5.74) is 3.75. The second kappa shape index (κ2) is 12.0. The smallest absolute Gasteiger partial charge is 0.000900 e. The number of hydrogen-bond acceptors (Lipinski definition) is 0. The lowest BCUT2D eigenvalue weighted by atomic mass is 9.50. The first-order valence-electron chi connectivity index (χ1n) is 8.58. The summed E-state index contributed by atoms with van der Waals surface area (Å²) in [5, 5.41) is 0. The Morgan fingerprint density at radius 3 is 0.900 bits per heavy atom.